The molecule has 0 bridgehead atoms. The Hall–Kier alpha value is -3.45. The fraction of sp³-hybridized carbons (Fsp3) is 0.150. The average molecular weight is 364 g/mol. The van der Waals surface area contributed by atoms with Gasteiger partial charge >= 0.3 is 0 Å². The summed E-state index contributed by atoms with van der Waals surface area (Å²) in [6.45, 7) is 0.865. The van der Waals surface area contributed by atoms with Crippen LogP contribution in [0, 0.1) is 0 Å². The largest absolute Gasteiger partial charge is 0.457 e. The number of para-hydroxylation sites is 1. The molecule has 0 aliphatic carbocycles. The van der Waals surface area contributed by atoms with E-state index < -0.39 is 0 Å². The van der Waals surface area contributed by atoms with Crippen LogP contribution in [-0.4, -0.2) is 36.1 Å². The molecule has 2 N–H and O–H groups in total. The number of hydrogen-bond donors (Lipinski definition) is 2. The Kier molecular flexibility index (Phi) is 6.32. The van der Waals surface area contributed by atoms with Gasteiger partial charge in [-0.05, 0) is 42.5 Å². The summed E-state index contributed by atoms with van der Waals surface area (Å²) in [5.41, 5.74) is 1.07. The Morgan fingerprint density at radius 2 is 1.74 bits per heavy atom. The van der Waals surface area contributed by atoms with Gasteiger partial charge in [0.1, 0.15) is 17.2 Å². The molecule has 138 valence electrons. The zero-order valence-electron chi connectivity index (χ0n) is 14.9. The molecule has 3 aromatic rings. The summed E-state index contributed by atoms with van der Waals surface area (Å²) < 4.78 is 10.7. The van der Waals surface area contributed by atoms with Gasteiger partial charge in [-0.15, -0.1) is 0 Å². The Bertz CT molecular complexity index is 870. The molecule has 7 nitrogen and oxygen atoms in total. The number of carbonyl (C=O) groups is 1. The number of anilines is 2. The van der Waals surface area contributed by atoms with Crippen molar-refractivity contribution in [2.24, 2.45) is 0 Å². The minimum absolute atomic E-state index is 0.274. The summed E-state index contributed by atoms with van der Waals surface area (Å²) in [5, 5.41) is 5.80. The number of nitrogens with zero attached hydrogens (tertiary/aromatic N) is 2. The van der Waals surface area contributed by atoms with Gasteiger partial charge in [-0.1, -0.05) is 18.2 Å². The van der Waals surface area contributed by atoms with Gasteiger partial charge in [-0.3, -0.25) is 4.79 Å². The van der Waals surface area contributed by atoms with E-state index in [0.717, 1.165) is 17.2 Å². The second-order valence-electron chi connectivity index (χ2n) is 5.58. The SMILES string of the molecule is COCCNC(=O)c1ccnc(Nc2ccc(Oc3ccccc3)cc2)n1. The summed E-state index contributed by atoms with van der Waals surface area (Å²) in [4.78, 5) is 20.4. The van der Waals surface area contributed by atoms with E-state index in [-0.39, 0.29) is 11.6 Å². The smallest absolute Gasteiger partial charge is 0.270 e. The predicted molar refractivity (Wildman–Crippen MR) is 102 cm³/mol. The minimum atomic E-state index is -0.274. The molecule has 0 radical (unpaired) electrons. The predicted octanol–water partition coefficient (Wildman–Crippen LogP) is 3.39. The maximum absolute atomic E-state index is 12.0. The highest BCUT2D eigenvalue weighted by Gasteiger charge is 2.08. The van der Waals surface area contributed by atoms with Crippen molar-refractivity contribution in [3.63, 3.8) is 0 Å². The van der Waals surface area contributed by atoms with Crippen LogP contribution in [0.25, 0.3) is 0 Å². The zero-order chi connectivity index (χ0) is 18.9. The molecular weight excluding hydrogens is 344 g/mol. The van der Waals surface area contributed by atoms with Crippen LogP contribution in [0.3, 0.4) is 0 Å². The van der Waals surface area contributed by atoms with Crippen LogP contribution in [0.2, 0.25) is 0 Å². The van der Waals surface area contributed by atoms with Gasteiger partial charge in [-0.25, -0.2) is 9.97 Å². The van der Waals surface area contributed by atoms with Crippen LogP contribution in [0.4, 0.5) is 11.6 Å². The molecule has 1 heterocycles. The van der Waals surface area contributed by atoms with Gasteiger partial charge in [0.25, 0.3) is 5.91 Å². The van der Waals surface area contributed by atoms with E-state index >= 15 is 0 Å². The van der Waals surface area contributed by atoms with Crippen LogP contribution in [-0.2, 0) is 4.74 Å². The summed E-state index contributed by atoms with van der Waals surface area (Å²) >= 11 is 0. The van der Waals surface area contributed by atoms with Crippen molar-refractivity contribution in [3.05, 3.63) is 72.6 Å². The van der Waals surface area contributed by atoms with Crippen LogP contribution in [0.1, 0.15) is 10.5 Å². The molecule has 0 aliphatic heterocycles. The number of nitrogens with one attached hydrogen (secondary N) is 2. The van der Waals surface area contributed by atoms with Crippen molar-refractivity contribution < 1.29 is 14.3 Å². The highest BCUT2D eigenvalue weighted by Crippen LogP contribution is 2.23. The number of ether oxygens (including phenoxy) is 2. The van der Waals surface area contributed by atoms with E-state index in [1.165, 1.54) is 6.20 Å². The second-order valence-corrected chi connectivity index (χ2v) is 5.58. The molecule has 1 aromatic heterocycles. The van der Waals surface area contributed by atoms with Crippen LogP contribution in [0.15, 0.2) is 66.9 Å². The number of rotatable bonds is 8. The summed E-state index contributed by atoms with van der Waals surface area (Å²) in [6.07, 6.45) is 1.54. The molecule has 1 amide bonds. The van der Waals surface area contributed by atoms with E-state index in [0.29, 0.717) is 19.1 Å². The quantitative estimate of drug-likeness (QED) is 0.596. The van der Waals surface area contributed by atoms with Gasteiger partial charge in [-0.2, -0.15) is 0 Å². The van der Waals surface area contributed by atoms with Gasteiger partial charge in [0, 0.05) is 25.5 Å². The normalized spacial score (nSPS) is 10.3. The van der Waals surface area contributed by atoms with Gasteiger partial charge in [0.2, 0.25) is 5.95 Å². The Morgan fingerprint density at radius 1 is 1.00 bits per heavy atom. The fourth-order valence-electron chi connectivity index (χ4n) is 2.26. The van der Waals surface area contributed by atoms with E-state index in [4.69, 9.17) is 9.47 Å². The topological polar surface area (TPSA) is 85.4 Å². The number of benzene rings is 2. The molecule has 0 saturated carbocycles. The number of hydrogen-bond acceptors (Lipinski definition) is 6. The Labute approximate surface area is 157 Å². The van der Waals surface area contributed by atoms with Crippen molar-refractivity contribution in [1.82, 2.24) is 15.3 Å². The Balaban J connectivity index is 1.61. The highest BCUT2D eigenvalue weighted by atomic mass is 16.5. The maximum Gasteiger partial charge on any atom is 0.270 e. The Morgan fingerprint density at radius 3 is 2.48 bits per heavy atom. The summed E-state index contributed by atoms with van der Waals surface area (Å²) in [6, 6.07) is 18.5. The first-order chi connectivity index (χ1) is 13.2. The monoisotopic (exact) mass is 364 g/mol. The average Bonchev–Trinajstić information content (AvgIpc) is 2.71. The first-order valence-electron chi connectivity index (χ1n) is 8.45. The molecule has 27 heavy (non-hydrogen) atoms. The van der Waals surface area contributed by atoms with Crippen molar-refractivity contribution in [2.45, 2.75) is 0 Å². The van der Waals surface area contributed by atoms with Crippen molar-refractivity contribution >= 4 is 17.5 Å². The number of carbonyl (C=O) groups excluding carboxylic acids is 1. The molecule has 0 fully saturated rings. The molecule has 0 saturated heterocycles. The lowest BCUT2D eigenvalue weighted by Gasteiger charge is -2.09. The van der Waals surface area contributed by atoms with E-state index in [2.05, 4.69) is 20.6 Å². The molecule has 0 atom stereocenters. The number of amides is 1. The zero-order valence-corrected chi connectivity index (χ0v) is 14.9. The van der Waals surface area contributed by atoms with Crippen LogP contribution >= 0.6 is 0 Å². The first-order valence-corrected chi connectivity index (χ1v) is 8.45. The molecule has 0 aliphatic rings. The maximum atomic E-state index is 12.0. The number of methoxy groups -OCH3 is 1. The number of aromatic nitrogens is 2. The molecule has 0 spiro atoms. The first kappa shape index (κ1) is 18.3. The van der Waals surface area contributed by atoms with E-state index in [1.807, 2.05) is 54.6 Å². The van der Waals surface area contributed by atoms with Gasteiger partial charge in [0.15, 0.2) is 0 Å². The third-order valence-electron chi connectivity index (χ3n) is 3.57. The van der Waals surface area contributed by atoms with Crippen molar-refractivity contribution in [2.75, 3.05) is 25.6 Å². The fourth-order valence-corrected chi connectivity index (χ4v) is 2.26. The lowest BCUT2D eigenvalue weighted by atomic mass is 10.3. The highest BCUT2D eigenvalue weighted by molar-refractivity contribution is 5.92. The second kappa shape index (κ2) is 9.30. The third-order valence-corrected chi connectivity index (χ3v) is 3.57. The lowest BCUT2D eigenvalue weighted by Crippen LogP contribution is -2.27. The standard InChI is InChI=1S/C20H20N4O3/c1-26-14-13-21-19(25)18-11-12-22-20(24-18)23-15-7-9-17(10-8-15)27-16-5-3-2-4-6-16/h2-12H,13-14H2,1H3,(H,21,25)(H,22,23,24). The summed E-state index contributed by atoms with van der Waals surface area (Å²) in [7, 11) is 1.58. The lowest BCUT2D eigenvalue weighted by molar-refractivity contribution is 0.0932. The van der Waals surface area contributed by atoms with Gasteiger partial charge < -0.3 is 20.1 Å². The summed E-state index contributed by atoms with van der Waals surface area (Å²) in [5.74, 6) is 1.56. The van der Waals surface area contributed by atoms with Gasteiger partial charge in [0.05, 0.1) is 6.61 Å². The molecule has 3 rings (SSSR count). The molecule has 0 unspecified atom stereocenters. The molecular formula is C20H20N4O3. The van der Waals surface area contributed by atoms with Crippen LogP contribution in [0.5, 0.6) is 11.5 Å². The third kappa shape index (κ3) is 5.52. The minimum Gasteiger partial charge on any atom is -0.457 e. The van der Waals surface area contributed by atoms with E-state index in [1.54, 1.807) is 13.2 Å². The molecule has 2 aromatic carbocycles. The van der Waals surface area contributed by atoms with Crippen molar-refractivity contribution in [1.29, 1.82) is 0 Å². The van der Waals surface area contributed by atoms with Crippen LogP contribution < -0.4 is 15.4 Å². The van der Waals surface area contributed by atoms with Crippen molar-refractivity contribution in [3.8, 4) is 11.5 Å². The van der Waals surface area contributed by atoms with E-state index in [9.17, 15) is 4.79 Å². The molecule has 7 heteroatoms.